The van der Waals surface area contributed by atoms with Crippen LogP contribution < -0.4 is 10.6 Å². The fourth-order valence-electron chi connectivity index (χ4n) is 2.03. The van der Waals surface area contributed by atoms with E-state index >= 15 is 0 Å². The van der Waals surface area contributed by atoms with Gasteiger partial charge in [0.25, 0.3) is 0 Å². The third-order valence-electron chi connectivity index (χ3n) is 3.37. The van der Waals surface area contributed by atoms with Crippen LogP contribution in [-0.4, -0.2) is 19.9 Å². The molecular formula is C15H13FN6O2S. The Morgan fingerprint density at radius 1 is 1.12 bits per heavy atom. The summed E-state index contributed by atoms with van der Waals surface area (Å²) in [5.74, 6) is -0.378. The average Bonchev–Trinajstić information content (AvgIpc) is 2.87. The van der Waals surface area contributed by atoms with Crippen LogP contribution in [-0.2, 0) is 0 Å². The van der Waals surface area contributed by atoms with Crippen molar-refractivity contribution in [2.75, 3.05) is 10.6 Å². The predicted octanol–water partition coefficient (Wildman–Crippen LogP) is 4.08. The van der Waals surface area contributed by atoms with Gasteiger partial charge in [0, 0.05) is 10.6 Å². The van der Waals surface area contributed by atoms with Crippen LogP contribution in [0.2, 0.25) is 0 Å². The quantitative estimate of drug-likeness (QED) is 0.521. The molecule has 0 aliphatic carbocycles. The van der Waals surface area contributed by atoms with Crippen LogP contribution in [0.4, 0.5) is 32.5 Å². The minimum atomic E-state index is -0.582. The van der Waals surface area contributed by atoms with E-state index in [1.165, 1.54) is 41.9 Å². The molecule has 25 heavy (non-hydrogen) atoms. The van der Waals surface area contributed by atoms with Crippen LogP contribution in [0.3, 0.4) is 0 Å². The highest BCUT2D eigenvalue weighted by Crippen LogP contribution is 2.34. The molecule has 0 spiro atoms. The van der Waals surface area contributed by atoms with E-state index < -0.39 is 10.7 Å². The smallest absolute Gasteiger partial charge is 0.334 e. The molecule has 0 radical (unpaired) electrons. The van der Waals surface area contributed by atoms with E-state index in [0.717, 1.165) is 10.6 Å². The van der Waals surface area contributed by atoms with Crippen LogP contribution >= 0.6 is 11.3 Å². The van der Waals surface area contributed by atoms with Gasteiger partial charge in [-0.3, -0.25) is 10.1 Å². The zero-order valence-corrected chi connectivity index (χ0v) is 14.1. The molecule has 0 amide bonds. The average molecular weight is 360 g/mol. The highest BCUT2D eigenvalue weighted by atomic mass is 32.1. The second-order valence-electron chi connectivity index (χ2n) is 5.09. The van der Waals surface area contributed by atoms with Gasteiger partial charge in [-0.1, -0.05) is 0 Å². The van der Waals surface area contributed by atoms with Crippen LogP contribution in [0.5, 0.6) is 0 Å². The van der Waals surface area contributed by atoms with E-state index in [2.05, 4.69) is 25.6 Å². The third kappa shape index (κ3) is 3.69. The lowest BCUT2D eigenvalue weighted by Gasteiger charge is -2.08. The summed E-state index contributed by atoms with van der Waals surface area (Å²) in [6.45, 7) is 3.76. The molecule has 0 bridgehead atoms. The first-order chi connectivity index (χ1) is 11.9. The normalized spacial score (nSPS) is 10.5. The minimum absolute atomic E-state index is 0.000826. The Morgan fingerprint density at radius 3 is 2.32 bits per heavy atom. The fraction of sp³-hybridized carbons (Fsp3) is 0.133. The molecule has 0 saturated carbocycles. The largest absolute Gasteiger partial charge is 0.353 e. The highest BCUT2D eigenvalue weighted by molar-refractivity contribution is 7.15. The SMILES string of the molecule is Cc1nc(Nc2ncnc(Nc3ccc(F)cc3)c2[N+](=O)[O-])sc1C. The molecule has 3 rings (SSSR count). The second-order valence-corrected chi connectivity index (χ2v) is 6.30. The molecule has 0 unspecified atom stereocenters. The molecule has 0 atom stereocenters. The Hall–Kier alpha value is -3.14. The van der Waals surface area contributed by atoms with Gasteiger partial charge >= 0.3 is 5.69 Å². The minimum Gasteiger partial charge on any atom is -0.334 e. The van der Waals surface area contributed by atoms with Crippen molar-refractivity contribution in [2.45, 2.75) is 13.8 Å². The molecule has 128 valence electrons. The number of aromatic nitrogens is 3. The number of nitrogens with one attached hydrogen (secondary N) is 2. The molecule has 0 fully saturated rings. The number of thiazole rings is 1. The van der Waals surface area contributed by atoms with Crippen molar-refractivity contribution in [3.05, 3.63) is 57.1 Å². The van der Waals surface area contributed by atoms with Crippen LogP contribution in [0.1, 0.15) is 10.6 Å². The number of hydrogen-bond acceptors (Lipinski definition) is 8. The monoisotopic (exact) mass is 360 g/mol. The molecule has 3 aromatic rings. The van der Waals surface area contributed by atoms with Crippen molar-refractivity contribution in [3.8, 4) is 0 Å². The summed E-state index contributed by atoms with van der Waals surface area (Å²) in [6, 6.07) is 5.41. The summed E-state index contributed by atoms with van der Waals surface area (Å²) < 4.78 is 13.0. The maximum absolute atomic E-state index is 13.0. The Balaban J connectivity index is 1.96. The van der Waals surface area contributed by atoms with Gasteiger partial charge < -0.3 is 10.6 Å². The molecular weight excluding hydrogens is 347 g/mol. The summed E-state index contributed by atoms with van der Waals surface area (Å²) >= 11 is 1.37. The summed E-state index contributed by atoms with van der Waals surface area (Å²) in [4.78, 5) is 24.1. The number of rotatable bonds is 5. The Labute approximate surface area is 145 Å². The number of nitro groups is 1. The number of benzene rings is 1. The summed E-state index contributed by atoms with van der Waals surface area (Å²) in [5, 5.41) is 17.7. The summed E-state index contributed by atoms with van der Waals surface area (Å²) in [6.07, 6.45) is 1.20. The summed E-state index contributed by atoms with van der Waals surface area (Å²) in [5.41, 5.74) is 0.987. The number of nitrogens with zero attached hydrogens (tertiary/aromatic N) is 4. The molecule has 8 nitrogen and oxygen atoms in total. The molecule has 2 N–H and O–H groups in total. The zero-order chi connectivity index (χ0) is 18.0. The lowest BCUT2D eigenvalue weighted by molar-refractivity contribution is -0.383. The summed E-state index contributed by atoms with van der Waals surface area (Å²) in [7, 11) is 0. The molecule has 0 saturated heterocycles. The van der Waals surface area contributed by atoms with Gasteiger partial charge in [0.15, 0.2) is 5.13 Å². The first-order valence-electron chi connectivity index (χ1n) is 7.17. The van der Waals surface area contributed by atoms with Crippen molar-refractivity contribution < 1.29 is 9.31 Å². The van der Waals surface area contributed by atoms with Gasteiger partial charge in [-0.2, -0.15) is 0 Å². The maximum Gasteiger partial charge on any atom is 0.353 e. The lowest BCUT2D eigenvalue weighted by Crippen LogP contribution is -2.05. The number of aryl methyl sites for hydroxylation is 2. The fourth-order valence-corrected chi connectivity index (χ4v) is 2.85. The van der Waals surface area contributed by atoms with Crippen LogP contribution in [0, 0.1) is 29.8 Å². The second kappa shape index (κ2) is 6.77. The lowest BCUT2D eigenvalue weighted by atomic mass is 10.3. The van der Waals surface area contributed by atoms with E-state index in [0.29, 0.717) is 10.8 Å². The van der Waals surface area contributed by atoms with E-state index in [4.69, 9.17) is 0 Å². The molecule has 2 aromatic heterocycles. The number of anilines is 4. The van der Waals surface area contributed by atoms with E-state index in [-0.39, 0.29) is 17.3 Å². The van der Waals surface area contributed by atoms with Crippen molar-refractivity contribution in [1.82, 2.24) is 15.0 Å². The molecule has 10 heteroatoms. The Kier molecular flexibility index (Phi) is 4.52. The predicted molar refractivity (Wildman–Crippen MR) is 93.2 cm³/mol. The van der Waals surface area contributed by atoms with Gasteiger partial charge in [-0.15, -0.1) is 11.3 Å². The van der Waals surface area contributed by atoms with E-state index in [1.807, 2.05) is 13.8 Å². The van der Waals surface area contributed by atoms with E-state index in [1.54, 1.807) is 0 Å². The van der Waals surface area contributed by atoms with Crippen molar-refractivity contribution in [2.24, 2.45) is 0 Å². The first-order valence-corrected chi connectivity index (χ1v) is 7.98. The molecule has 1 aromatic carbocycles. The van der Waals surface area contributed by atoms with Crippen molar-refractivity contribution in [3.63, 3.8) is 0 Å². The molecule has 2 heterocycles. The Bertz CT molecular complexity index is 909. The van der Waals surface area contributed by atoms with Gasteiger partial charge in [-0.05, 0) is 38.1 Å². The van der Waals surface area contributed by atoms with Crippen LogP contribution in [0.25, 0.3) is 0 Å². The highest BCUT2D eigenvalue weighted by Gasteiger charge is 2.24. The van der Waals surface area contributed by atoms with Gasteiger partial charge in [0.05, 0.1) is 10.6 Å². The molecule has 0 aliphatic heterocycles. The van der Waals surface area contributed by atoms with Crippen molar-refractivity contribution >= 4 is 39.5 Å². The van der Waals surface area contributed by atoms with Gasteiger partial charge in [0.1, 0.15) is 12.1 Å². The van der Waals surface area contributed by atoms with E-state index in [9.17, 15) is 14.5 Å². The third-order valence-corrected chi connectivity index (χ3v) is 4.35. The van der Waals surface area contributed by atoms with Gasteiger partial charge in [0.2, 0.25) is 11.6 Å². The standard InChI is InChI=1S/C15H13FN6O2S/c1-8-9(2)25-15(19-8)21-14-12(22(23)24)13(17-7-18-14)20-11-5-3-10(16)4-6-11/h3-7H,1-2H3,(H2,17,18,19,20,21). The number of hydrogen-bond donors (Lipinski definition) is 2. The zero-order valence-electron chi connectivity index (χ0n) is 13.3. The number of halogens is 1. The first kappa shape index (κ1) is 16.7. The van der Waals surface area contributed by atoms with Crippen molar-refractivity contribution in [1.29, 1.82) is 0 Å². The maximum atomic E-state index is 13.0. The Morgan fingerprint density at radius 2 is 1.76 bits per heavy atom. The van der Waals surface area contributed by atoms with Crippen LogP contribution in [0.15, 0.2) is 30.6 Å². The van der Waals surface area contributed by atoms with Gasteiger partial charge in [-0.25, -0.2) is 19.3 Å². The molecule has 0 aliphatic rings. The topological polar surface area (TPSA) is 106 Å².